The van der Waals surface area contributed by atoms with Gasteiger partial charge in [-0.25, -0.2) is 9.78 Å². The molecule has 0 amide bonds. The van der Waals surface area contributed by atoms with Crippen LogP contribution < -0.4 is 0 Å². The molecule has 0 aromatic carbocycles. The summed E-state index contributed by atoms with van der Waals surface area (Å²) in [6.07, 6.45) is 3.01. The van der Waals surface area contributed by atoms with E-state index in [1.54, 1.807) is 12.3 Å². The summed E-state index contributed by atoms with van der Waals surface area (Å²) in [6.45, 7) is 1.83. The highest BCUT2D eigenvalue weighted by Gasteiger charge is 2.12. The van der Waals surface area contributed by atoms with E-state index in [1.165, 1.54) is 13.3 Å². The largest absolute Gasteiger partial charge is 0.469 e. The number of hydrogen-bond donors (Lipinski definition) is 1. The van der Waals surface area contributed by atoms with Gasteiger partial charge in [0.15, 0.2) is 0 Å². The third-order valence-corrected chi connectivity index (χ3v) is 2.10. The van der Waals surface area contributed by atoms with Gasteiger partial charge >= 0.3 is 5.97 Å². The van der Waals surface area contributed by atoms with E-state index >= 15 is 0 Å². The van der Waals surface area contributed by atoms with Gasteiger partial charge in [-0.1, -0.05) is 0 Å². The van der Waals surface area contributed by atoms with E-state index in [-0.39, 0.29) is 0 Å². The molecule has 0 aliphatic rings. The van der Waals surface area contributed by atoms with E-state index in [0.717, 1.165) is 11.3 Å². The Balaban J connectivity index is 2.36. The number of rotatable bonds is 2. The van der Waals surface area contributed by atoms with Crippen molar-refractivity contribution in [1.29, 1.82) is 0 Å². The Morgan fingerprint density at radius 1 is 1.60 bits per heavy atom. The number of imidazole rings is 1. The van der Waals surface area contributed by atoms with Crippen LogP contribution in [0.3, 0.4) is 0 Å². The van der Waals surface area contributed by atoms with E-state index in [0.29, 0.717) is 11.5 Å². The topological polar surface area (TPSA) is 68.1 Å². The number of furan rings is 1. The summed E-state index contributed by atoms with van der Waals surface area (Å²) in [5.74, 6) is 0.914. The summed E-state index contributed by atoms with van der Waals surface area (Å²) in [4.78, 5) is 18.1. The predicted octanol–water partition coefficient (Wildman–Crippen LogP) is 1.76. The van der Waals surface area contributed by atoms with Crippen LogP contribution >= 0.6 is 0 Å². The van der Waals surface area contributed by atoms with Gasteiger partial charge in [0.1, 0.15) is 17.3 Å². The highest BCUT2D eigenvalue weighted by atomic mass is 16.5. The number of nitrogens with zero attached hydrogens (tertiary/aromatic N) is 1. The molecule has 1 N–H and O–H groups in total. The molecular weight excluding hydrogens is 196 g/mol. The molecule has 5 nitrogen and oxygen atoms in total. The molecule has 0 bridgehead atoms. The molecule has 0 saturated heterocycles. The normalized spacial score (nSPS) is 10.3. The van der Waals surface area contributed by atoms with Crippen molar-refractivity contribution in [2.45, 2.75) is 6.92 Å². The third kappa shape index (κ3) is 1.63. The average molecular weight is 206 g/mol. The van der Waals surface area contributed by atoms with Crippen LogP contribution in [0.15, 0.2) is 22.9 Å². The molecule has 0 fully saturated rings. The monoisotopic (exact) mass is 206 g/mol. The summed E-state index contributed by atoms with van der Waals surface area (Å²) < 4.78 is 9.70. The first-order valence-corrected chi connectivity index (χ1v) is 4.40. The molecule has 0 atom stereocenters. The number of carbonyl (C=O) groups excluding carboxylic acids is 1. The first kappa shape index (κ1) is 9.51. The van der Waals surface area contributed by atoms with Gasteiger partial charge in [0.25, 0.3) is 0 Å². The predicted molar refractivity (Wildman–Crippen MR) is 52.4 cm³/mol. The molecule has 15 heavy (non-hydrogen) atoms. The van der Waals surface area contributed by atoms with Crippen molar-refractivity contribution < 1.29 is 13.9 Å². The second kappa shape index (κ2) is 3.61. The minimum absolute atomic E-state index is 0.327. The van der Waals surface area contributed by atoms with Crippen LogP contribution in [0.25, 0.3) is 11.4 Å². The van der Waals surface area contributed by atoms with Crippen LogP contribution in [0.4, 0.5) is 0 Å². The lowest BCUT2D eigenvalue weighted by atomic mass is 10.2. The highest BCUT2D eigenvalue weighted by molar-refractivity contribution is 5.87. The molecule has 0 radical (unpaired) electrons. The molecule has 2 aromatic rings. The van der Waals surface area contributed by atoms with Gasteiger partial charge in [-0.2, -0.15) is 0 Å². The molecule has 0 saturated carbocycles. The number of nitrogens with one attached hydrogen (secondary N) is 1. The Bertz CT molecular complexity index is 484. The number of ether oxygens (including phenoxy) is 1. The van der Waals surface area contributed by atoms with Crippen molar-refractivity contribution in [3.8, 4) is 11.4 Å². The van der Waals surface area contributed by atoms with Crippen LogP contribution in [-0.4, -0.2) is 23.0 Å². The van der Waals surface area contributed by atoms with Gasteiger partial charge in [-0.05, 0) is 13.0 Å². The number of hydrogen-bond acceptors (Lipinski definition) is 4. The zero-order valence-corrected chi connectivity index (χ0v) is 8.40. The number of H-pyrrole nitrogens is 1. The fraction of sp³-hybridized carbons (Fsp3) is 0.200. The third-order valence-electron chi connectivity index (χ3n) is 2.10. The van der Waals surface area contributed by atoms with E-state index in [2.05, 4.69) is 14.7 Å². The van der Waals surface area contributed by atoms with Gasteiger partial charge in [0.05, 0.1) is 25.1 Å². The zero-order chi connectivity index (χ0) is 10.8. The molecule has 5 heteroatoms. The molecule has 2 aromatic heterocycles. The SMILES string of the molecule is COC(=O)c1cnc(-c2ccoc2C)[nH]1. The Labute approximate surface area is 86.1 Å². The summed E-state index contributed by atoms with van der Waals surface area (Å²) in [5, 5.41) is 0. The van der Waals surface area contributed by atoms with Crippen molar-refractivity contribution in [2.75, 3.05) is 7.11 Å². The molecule has 0 aliphatic heterocycles. The van der Waals surface area contributed by atoms with Crippen LogP contribution in [0.1, 0.15) is 16.2 Å². The number of aromatic amines is 1. The standard InChI is InChI=1S/C10H10N2O3/c1-6-7(3-4-15-6)9-11-5-8(12-9)10(13)14-2/h3-5H,1-2H3,(H,11,12). The van der Waals surface area contributed by atoms with Crippen LogP contribution in [-0.2, 0) is 4.74 Å². The van der Waals surface area contributed by atoms with Crippen molar-refractivity contribution in [3.05, 3.63) is 30.0 Å². The van der Waals surface area contributed by atoms with E-state index in [1.807, 2.05) is 6.92 Å². The molecule has 2 heterocycles. The lowest BCUT2D eigenvalue weighted by Gasteiger charge is -1.94. The quantitative estimate of drug-likeness (QED) is 0.760. The second-order valence-corrected chi connectivity index (χ2v) is 3.03. The average Bonchev–Trinajstić information content (AvgIpc) is 2.84. The van der Waals surface area contributed by atoms with Crippen molar-refractivity contribution >= 4 is 5.97 Å². The molecule has 0 unspecified atom stereocenters. The van der Waals surface area contributed by atoms with Crippen molar-refractivity contribution in [3.63, 3.8) is 0 Å². The molecule has 0 aliphatic carbocycles. The lowest BCUT2D eigenvalue weighted by Crippen LogP contribution is -2.00. The zero-order valence-electron chi connectivity index (χ0n) is 8.40. The van der Waals surface area contributed by atoms with Gasteiger partial charge in [0.2, 0.25) is 0 Å². The molecule has 2 rings (SSSR count). The van der Waals surface area contributed by atoms with Crippen molar-refractivity contribution in [1.82, 2.24) is 9.97 Å². The number of aryl methyl sites for hydroxylation is 1. The minimum Gasteiger partial charge on any atom is -0.469 e. The van der Waals surface area contributed by atoms with Crippen LogP contribution in [0, 0.1) is 6.92 Å². The molecule has 78 valence electrons. The van der Waals surface area contributed by atoms with Gasteiger partial charge in [0, 0.05) is 0 Å². The van der Waals surface area contributed by atoms with E-state index in [9.17, 15) is 4.79 Å². The summed E-state index contributed by atoms with van der Waals surface area (Å²) in [7, 11) is 1.33. The number of methoxy groups -OCH3 is 1. The van der Waals surface area contributed by atoms with Gasteiger partial charge < -0.3 is 14.1 Å². The first-order chi connectivity index (χ1) is 7.22. The molecular formula is C10H10N2O3. The Morgan fingerprint density at radius 3 is 3.00 bits per heavy atom. The number of esters is 1. The minimum atomic E-state index is -0.435. The smallest absolute Gasteiger partial charge is 0.356 e. The van der Waals surface area contributed by atoms with Crippen LogP contribution in [0.2, 0.25) is 0 Å². The second-order valence-electron chi connectivity index (χ2n) is 3.03. The van der Waals surface area contributed by atoms with Crippen molar-refractivity contribution in [2.24, 2.45) is 0 Å². The Hall–Kier alpha value is -2.04. The lowest BCUT2D eigenvalue weighted by molar-refractivity contribution is 0.0595. The van der Waals surface area contributed by atoms with Gasteiger partial charge in [-0.15, -0.1) is 0 Å². The van der Waals surface area contributed by atoms with E-state index < -0.39 is 5.97 Å². The maximum absolute atomic E-state index is 11.2. The number of carbonyl (C=O) groups is 1. The Kier molecular flexibility index (Phi) is 2.29. The Morgan fingerprint density at radius 2 is 2.40 bits per heavy atom. The fourth-order valence-corrected chi connectivity index (χ4v) is 1.30. The van der Waals surface area contributed by atoms with Crippen LogP contribution in [0.5, 0.6) is 0 Å². The number of aromatic nitrogens is 2. The van der Waals surface area contributed by atoms with E-state index in [4.69, 9.17) is 4.42 Å². The summed E-state index contributed by atoms with van der Waals surface area (Å²) in [6, 6.07) is 1.79. The first-order valence-electron chi connectivity index (χ1n) is 4.40. The summed E-state index contributed by atoms with van der Waals surface area (Å²) >= 11 is 0. The maximum atomic E-state index is 11.2. The van der Waals surface area contributed by atoms with Gasteiger partial charge in [-0.3, -0.25) is 0 Å². The maximum Gasteiger partial charge on any atom is 0.356 e. The molecule has 0 spiro atoms. The summed E-state index contributed by atoms with van der Waals surface area (Å²) in [5.41, 5.74) is 1.17. The fourth-order valence-electron chi connectivity index (χ4n) is 1.30. The highest BCUT2D eigenvalue weighted by Crippen LogP contribution is 2.20.